The van der Waals surface area contributed by atoms with Crippen molar-refractivity contribution < 1.29 is 23.0 Å². The molecule has 0 heterocycles. The summed E-state index contributed by atoms with van der Waals surface area (Å²) in [6.07, 6.45) is 0. The maximum Gasteiger partial charge on any atom is 0.191 e. The molecule has 0 aliphatic rings. The summed E-state index contributed by atoms with van der Waals surface area (Å²) >= 11 is 0. The first-order valence-corrected chi connectivity index (χ1v) is 6.14. The van der Waals surface area contributed by atoms with E-state index in [1.807, 2.05) is 13.8 Å². The van der Waals surface area contributed by atoms with Gasteiger partial charge < -0.3 is 9.47 Å². The van der Waals surface area contributed by atoms with Crippen LogP contribution < -0.4 is 0 Å². The van der Waals surface area contributed by atoms with Gasteiger partial charge in [0.2, 0.25) is 0 Å². The second-order valence-corrected chi connectivity index (χ2v) is 4.57. The zero-order valence-corrected chi connectivity index (χ0v) is 11.1. The molecule has 0 amide bonds. The normalized spacial score (nSPS) is 11.0. The number of ether oxygens (including phenoxy) is 2. The lowest BCUT2D eigenvalue weighted by atomic mass is 10.1. The summed E-state index contributed by atoms with van der Waals surface area (Å²) in [4.78, 5) is 11.6. The Morgan fingerprint density at radius 2 is 1.89 bits per heavy atom. The molecule has 0 aliphatic carbocycles. The van der Waals surface area contributed by atoms with Crippen molar-refractivity contribution in [3.05, 3.63) is 35.4 Å². The SMILES string of the molecule is CC(C)COCCOCC(=O)c1cc(F)ccc1F. The Balaban J connectivity index is 2.29. The second kappa shape index (κ2) is 7.96. The number of rotatable bonds is 8. The first-order valence-electron chi connectivity index (χ1n) is 6.14. The van der Waals surface area contributed by atoms with Gasteiger partial charge in [0.25, 0.3) is 0 Å². The fourth-order valence-corrected chi connectivity index (χ4v) is 1.39. The van der Waals surface area contributed by atoms with Crippen molar-refractivity contribution in [1.29, 1.82) is 0 Å². The van der Waals surface area contributed by atoms with Gasteiger partial charge >= 0.3 is 0 Å². The number of ketones is 1. The molecule has 0 fully saturated rings. The Bertz CT molecular complexity index is 419. The largest absolute Gasteiger partial charge is 0.379 e. The van der Waals surface area contributed by atoms with Crippen molar-refractivity contribution >= 4 is 5.78 Å². The smallest absolute Gasteiger partial charge is 0.191 e. The molecule has 1 aromatic carbocycles. The molecule has 5 heteroatoms. The molecule has 1 rings (SSSR count). The summed E-state index contributed by atoms with van der Waals surface area (Å²) < 4.78 is 36.5. The number of carbonyl (C=O) groups is 1. The molecule has 0 atom stereocenters. The number of hydrogen-bond acceptors (Lipinski definition) is 3. The Kier molecular flexibility index (Phi) is 6.59. The summed E-state index contributed by atoms with van der Waals surface area (Å²) in [5.41, 5.74) is -0.289. The van der Waals surface area contributed by atoms with Crippen LogP contribution in [0.4, 0.5) is 8.78 Å². The molecule has 0 saturated heterocycles. The molecular weight excluding hydrogens is 254 g/mol. The maximum atomic E-state index is 13.3. The molecule has 0 N–H and O–H groups in total. The van der Waals surface area contributed by atoms with E-state index in [0.717, 1.165) is 18.2 Å². The van der Waals surface area contributed by atoms with Crippen molar-refractivity contribution in [2.75, 3.05) is 26.4 Å². The molecule has 0 unspecified atom stereocenters. The van der Waals surface area contributed by atoms with E-state index >= 15 is 0 Å². The van der Waals surface area contributed by atoms with Crippen LogP contribution in [-0.2, 0) is 9.47 Å². The molecule has 3 nitrogen and oxygen atoms in total. The van der Waals surface area contributed by atoms with Gasteiger partial charge in [0.1, 0.15) is 18.2 Å². The fourth-order valence-electron chi connectivity index (χ4n) is 1.39. The van der Waals surface area contributed by atoms with Crippen molar-refractivity contribution in [3.8, 4) is 0 Å². The van der Waals surface area contributed by atoms with E-state index in [9.17, 15) is 13.6 Å². The van der Waals surface area contributed by atoms with E-state index in [1.54, 1.807) is 0 Å². The van der Waals surface area contributed by atoms with Gasteiger partial charge in [-0.2, -0.15) is 0 Å². The monoisotopic (exact) mass is 272 g/mol. The van der Waals surface area contributed by atoms with Gasteiger partial charge in [-0.3, -0.25) is 4.79 Å². The molecule has 0 spiro atoms. The predicted molar refractivity (Wildman–Crippen MR) is 67.2 cm³/mol. The van der Waals surface area contributed by atoms with E-state index < -0.39 is 17.4 Å². The van der Waals surface area contributed by atoms with Gasteiger partial charge in [-0.05, 0) is 24.1 Å². The van der Waals surface area contributed by atoms with Crippen molar-refractivity contribution in [1.82, 2.24) is 0 Å². The molecule has 106 valence electrons. The molecule has 0 saturated carbocycles. The molecular formula is C14H18F2O3. The molecule has 0 aromatic heterocycles. The highest BCUT2D eigenvalue weighted by molar-refractivity contribution is 5.97. The highest BCUT2D eigenvalue weighted by Crippen LogP contribution is 2.10. The minimum Gasteiger partial charge on any atom is -0.379 e. The van der Waals surface area contributed by atoms with Gasteiger partial charge in [-0.25, -0.2) is 8.78 Å². The van der Waals surface area contributed by atoms with Gasteiger partial charge in [-0.15, -0.1) is 0 Å². The zero-order chi connectivity index (χ0) is 14.3. The Labute approximate surface area is 111 Å². The van der Waals surface area contributed by atoms with Crippen molar-refractivity contribution in [2.24, 2.45) is 5.92 Å². The summed E-state index contributed by atoms with van der Waals surface area (Å²) in [6, 6.07) is 2.76. The minimum absolute atomic E-state index is 0.245. The topological polar surface area (TPSA) is 35.5 Å². The van der Waals surface area contributed by atoms with E-state index in [1.165, 1.54) is 0 Å². The average Bonchev–Trinajstić information content (AvgIpc) is 2.36. The zero-order valence-electron chi connectivity index (χ0n) is 11.1. The van der Waals surface area contributed by atoms with E-state index in [0.29, 0.717) is 19.1 Å². The summed E-state index contributed by atoms with van der Waals surface area (Å²) in [5, 5.41) is 0. The minimum atomic E-state index is -0.744. The Hall–Kier alpha value is -1.33. The van der Waals surface area contributed by atoms with Crippen molar-refractivity contribution in [3.63, 3.8) is 0 Å². The first kappa shape index (κ1) is 15.7. The fraction of sp³-hybridized carbons (Fsp3) is 0.500. The van der Waals surface area contributed by atoms with Crippen LogP contribution in [0.25, 0.3) is 0 Å². The van der Waals surface area contributed by atoms with Crippen LogP contribution in [0.1, 0.15) is 24.2 Å². The van der Waals surface area contributed by atoms with E-state index in [4.69, 9.17) is 9.47 Å². The number of benzene rings is 1. The standard InChI is InChI=1S/C14H18F2O3/c1-10(2)8-18-5-6-19-9-14(17)12-7-11(15)3-4-13(12)16/h3-4,7,10H,5-6,8-9H2,1-2H3. The number of carbonyl (C=O) groups excluding carboxylic acids is 1. The number of halogens is 2. The molecule has 19 heavy (non-hydrogen) atoms. The highest BCUT2D eigenvalue weighted by Gasteiger charge is 2.12. The third kappa shape index (κ3) is 5.89. The first-order chi connectivity index (χ1) is 9.00. The molecule has 0 radical (unpaired) electrons. The van der Waals surface area contributed by atoms with Crippen LogP contribution in [-0.4, -0.2) is 32.2 Å². The van der Waals surface area contributed by atoms with Crippen LogP contribution in [0.15, 0.2) is 18.2 Å². The van der Waals surface area contributed by atoms with Crippen LogP contribution in [0.2, 0.25) is 0 Å². The number of hydrogen-bond donors (Lipinski definition) is 0. The van der Waals surface area contributed by atoms with Crippen molar-refractivity contribution in [2.45, 2.75) is 13.8 Å². The predicted octanol–water partition coefficient (Wildman–Crippen LogP) is 2.84. The van der Waals surface area contributed by atoms with Crippen LogP contribution in [0.5, 0.6) is 0 Å². The summed E-state index contributed by atoms with van der Waals surface area (Å²) in [7, 11) is 0. The average molecular weight is 272 g/mol. The number of Topliss-reactive ketones (excluding diaryl/α,β-unsaturated/α-hetero) is 1. The maximum absolute atomic E-state index is 13.3. The van der Waals surface area contributed by atoms with Crippen LogP contribution in [0.3, 0.4) is 0 Å². The lowest BCUT2D eigenvalue weighted by Crippen LogP contribution is -2.15. The van der Waals surface area contributed by atoms with E-state index in [-0.39, 0.29) is 18.8 Å². The molecule has 0 aliphatic heterocycles. The lowest BCUT2D eigenvalue weighted by Gasteiger charge is -2.07. The van der Waals surface area contributed by atoms with Crippen LogP contribution >= 0.6 is 0 Å². The Morgan fingerprint density at radius 1 is 1.21 bits per heavy atom. The van der Waals surface area contributed by atoms with Gasteiger partial charge in [-0.1, -0.05) is 13.8 Å². The Morgan fingerprint density at radius 3 is 2.58 bits per heavy atom. The summed E-state index contributed by atoms with van der Waals surface area (Å²) in [6.45, 7) is 5.00. The third-order valence-corrected chi connectivity index (χ3v) is 2.29. The highest BCUT2D eigenvalue weighted by atomic mass is 19.1. The molecule has 0 bridgehead atoms. The second-order valence-electron chi connectivity index (χ2n) is 4.57. The summed E-state index contributed by atoms with van der Waals surface area (Å²) in [5.74, 6) is -1.54. The van der Waals surface area contributed by atoms with Gasteiger partial charge in [0.05, 0.1) is 18.8 Å². The quantitative estimate of drug-likeness (QED) is 0.539. The van der Waals surface area contributed by atoms with E-state index in [2.05, 4.69) is 0 Å². The third-order valence-electron chi connectivity index (χ3n) is 2.29. The lowest BCUT2D eigenvalue weighted by molar-refractivity contribution is 0.0362. The van der Waals surface area contributed by atoms with Gasteiger partial charge in [0.15, 0.2) is 5.78 Å². The van der Waals surface area contributed by atoms with Crippen LogP contribution in [0, 0.1) is 17.6 Å². The molecule has 1 aromatic rings. The van der Waals surface area contributed by atoms with Gasteiger partial charge in [0, 0.05) is 6.61 Å².